The van der Waals surface area contributed by atoms with Crippen LogP contribution in [0.3, 0.4) is 0 Å². The summed E-state index contributed by atoms with van der Waals surface area (Å²) in [6.07, 6.45) is 5.72. The smallest absolute Gasteiger partial charge is 0.171 e. The maximum Gasteiger partial charge on any atom is 0.171 e. The van der Waals surface area contributed by atoms with Gasteiger partial charge in [-0.05, 0) is 46.5 Å². The van der Waals surface area contributed by atoms with Gasteiger partial charge in [0.25, 0.3) is 0 Å². The average Bonchev–Trinajstić information content (AvgIpc) is 2.36. The second kappa shape index (κ2) is 4.86. The molecule has 1 aromatic rings. The summed E-state index contributed by atoms with van der Waals surface area (Å²) in [5.74, 6) is -0.176. The largest absolute Gasteiger partial charge is 0.504 e. The first-order valence-corrected chi connectivity index (χ1v) is 6.80. The van der Waals surface area contributed by atoms with Gasteiger partial charge >= 0.3 is 0 Å². The van der Waals surface area contributed by atoms with Crippen LogP contribution in [-0.4, -0.2) is 16.8 Å². The second-order valence-electron chi connectivity index (χ2n) is 4.87. The van der Waals surface area contributed by atoms with E-state index < -0.39 is 0 Å². The average molecular weight is 300 g/mol. The predicted molar refractivity (Wildman–Crippen MR) is 71.3 cm³/mol. The molecular weight excluding hydrogens is 282 g/mol. The van der Waals surface area contributed by atoms with E-state index in [-0.39, 0.29) is 16.9 Å². The third kappa shape index (κ3) is 2.29. The molecule has 1 fully saturated rings. The number of hydrogen-bond acceptors (Lipinski definition) is 3. The Bertz CT molecular complexity index is 391. The maximum absolute atomic E-state index is 9.70. The van der Waals surface area contributed by atoms with Crippen molar-refractivity contribution < 1.29 is 10.2 Å². The Morgan fingerprint density at radius 3 is 2.35 bits per heavy atom. The summed E-state index contributed by atoms with van der Waals surface area (Å²) in [5, 5.41) is 19.3. The van der Waals surface area contributed by atoms with Gasteiger partial charge in [-0.15, -0.1) is 0 Å². The normalized spacial score (nSPS) is 19.2. The Kier molecular flexibility index (Phi) is 3.64. The third-order valence-corrected chi connectivity index (χ3v) is 4.46. The van der Waals surface area contributed by atoms with Crippen LogP contribution < -0.4 is 5.73 Å². The van der Waals surface area contributed by atoms with E-state index in [2.05, 4.69) is 15.9 Å². The minimum Gasteiger partial charge on any atom is -0.504 e. The molecule has 0 unspecified atom stereocenters. The number of phenolic OH excluding ortho intramolecular Hbond substituents is 2. The lowest BCUT2D eigenvalue weighted by Gasteiger charge is -2.37. The van der Waals surface area contributed by atoms with Gasteiger partial charge < -0.3 is 15.9 Å². The molecule has 0 spiro atoms. The summed E-state index contributed by atoms with van der Waals surface area (Å²) < 4.78 is 0.533. The van der Waals surface area contributed by atoms with Crippen LogP contribution >= 0.6 is 15.9 Å². The van der Waals surface area contributed by atoms with E-state index in [1.54, 1.807) is 6.07 Å². The van der Waals surface area contributed by atoms with Crippen LogP contribution in [0.4, 0.5) is 0 Å². The number of aromatic hydroxyl groups is 2. The molecule has 0 heterocycles. The van der Waals surface area contributed by atoms with Crippen molar-refractivity contribution in [3.05, 3.63) is 22.2 Å². The first-order valence-electron chi connectivity index (χ1n) is 6.01. The lowest BCUT2D eigenvalue weighted by atomic mass is 9.69. The van der Waals surface area contributed by atoms with Crippen molar-refractivity contribution in [2.75, 3.05) is 6.54 Å². The van der Waals surface area contributed by atoms with Gasteiger partial charge in [0.2, 0.25) is 0 Å². The van der Waals surface area contributed by atoms with Gasteiger partial charge in [-0.1, -0.05) is 19.3 Å². The zero-order valence-electron chi connectivity index (χ0n) is 9.75. The fourth-order valence-corrected chi connectivity index (χ4v) is 3.18. The van der Waals surface area contributed by atoms with Gasteiger partial charge in [0, 0.05) is 12.0 Å². The van der Waals surface area contributed by atoms with Gasteiger partial charge in [0.05, 0.1) is 4.47 Å². The van der Waals surface area contributed by atoms with Gasteiger partial charge in [-0.2, -0.15) is 0 Å². The highest BCUT2D eigenvalue weighted by Crippen LogP contribution is 2.43. The van der Waals surface area contributed by atoms with Crippen molar-refractivity contribution in [1.29, 1.82) is 0 Å². The minimum absolute atomic E-state index is 0.0358. The highest BCUT2D eigenvalue weighted by atomic mass is 79.9. The summed E-state index contributed by atoms with van der Waals surface area (Å²) >= 11 is 3.27. The Labute approximate surface area is 110 Å². The number of phenols is 2. The van der Waals surface area contributed by atoms with Crippen molar-refractivity contribution in [2.45, 2.75) is 37.5 Å². The van der Waals surface area contributed by atoms with Crippen LogP contribution in [0, 0.1) is 0 Å². The molecule has 3 nitrogen and oxygen atoms in total. The molecule has 0 radical (unpaired) electrons. The van der Waals surface area contributed by atoms with Gasteiger partial charge in [-0.3, -0.25) is 0 Å². The predicted octanol–water partition coefficient (Wildman–Crippen LogP) is 3.02. The van der Waals surface area contributed by atoms with Crippen LogP contribution in [0.25, 0.3) is 0 Å². The van der Waals surface area contributed by atoms with Crippen LogP contribution in [0.5, 0.6) is 11.5 Å². The van der Waals surface area contributed by atoms with Crippen LogP contribution in [0.2, 0.25) is 0 Å². The van der Waals surface area contributed by atoms with Crippen molar-refractivity contribution in [3.63, 3.8) is 0 Å². The molecular formula is C13H18BrNO2. The molecule has 17 heavy (non-hydrogen) atoms. The van der Waals surface area contributed by atoms with E-state index in [0.29, 0.717) is 11.0 Å². The summed E-state index contributed by atoms with van der Waals surface area (Å²) in [6, 6.07) is 3.53. The summed E-state index contributed by atoms with van der Waals surface area (Å²) in [5.41, 5.74) is 6.94. The van der Waals surface area contributed by atoms with Crippen LogP contribution in [0.15, 0.2) is 16.6 Å². The molecule has 4 N–H and O–H groups in total. The van der Waals surface area contributed by atoms with Crippen LogP contribution in [-0.2, 0) is 5.41 Å². The topological polar surface area (TPSA) is 66.5 Å². The number of benzene rings is 1. The lowest BCUT2D eigenvalue weighted by Crippen LogP contribution is -2.37. The Hall–Kier alpha value is -0.740. The van der Waals surface area contributed by atoms with Crippen LogP contribution in [0.1, 0.15) is 37.7 Å². The highest BCUT2D eigenvalue weighted by Gasteiger charge is 2.33. The molecule has 1 saturated carbocycles. The lowest BCUT2D eigenvalue weighted by molar-refractivity contribution is 0.298. The molecule has 2 rings (SSSR count). The van der Waals surface area contributed by atoms with Crippen molar-refractivity contribution >= 4 is 15.9 Å². The summed E-state index contributed by atoms with van der Waals surface area (Å²) in [7, 11) is 0. The summed E-state index contributed by atoms with van der Waals surface area (Å²) in [6.45, 7) is 0.587. The number of hydrogen-bond donors (Lipinski definition) is 3. The number of rotatable bonds is 2. The van der Waals surface area contributed by atoms with E-state index in [4.69, 9.17) is 5.73 Å². The maximum atomic E-state index is 9.70. The Balaban J connectivity index is 2.43. The molecule has 0 amide bonds. The van der Waals surface area contributed by atoms with Gasteiger partial charge in [0.1, 0.15) is 0 Å². The fourth-order valence-electron chi connectivity index (χ4n) is 2.73. The molecule has 0 aromatic heterocycles. The monoisotopic (exact) mass is 299 g/mol. The van der Waals surface area contributed by atoms with Gasteiger partial charge in [0.15, 0.2) is 11.5 Å². The van der Waals surface area contributed by atoms with E-state index in [1.165, 1.54) is 19.3 Å². The SMILES string of the molecule is NCC1(c2cc(O)c(O)c(Br)c2)CCCCC1. The molecule has 0 atom stereocenters. The fraction of sp³-hybridized carbons (Fsp3) is 0.538. The van der Waals surface area contributed by atoms with Crippen molar-refractivity contribution in [3.8, 4) is 11.5 Å². The molecule has 94 valence electrons. The van der Waals surface area contributed by atoms with Crippen molar-refractivity contribution in [2.24, 2.45) is 5.73 Å². The molecule has 0 saturated heterocycles. The molecule has 0 aliphatic heterocycles. The number of halogens is 1. The van der Waals surface area contributed by atoms with E-state index >= 15 is 0 Å². The standard InChI is InChI=1S/C13H18BrNO2/c14-10-6-9(7-11(16)12(10)17)13(8-15)4-2-1-3-5-13/h6-7,16-17H,1-5,8,15H2. The first kappa shape index (κ1) is 12.7. The third-order valence-electron chi connectivity index (χ3n) is 3.86. The molecule has 1 aliphatic carbocycles. The molecule has 1 aliphatic rings. The molecule has 1 aromatic carbocycles. The zero-order valence-corrected chi connectivity index (χ0v) is 11.3. The minimum atomic E-state index is -0.100. The zero-order chi connectivity index (χ0) is 12.5. The van der Waals surface area contributed by atoms with E-state index in [9.17, 15) is 10.2 Å². The Morgan fingerprint density at radius 2 is 1.82 bits per heavy atom. The van der Waals surface area contributed by atoms with E-state index in [0.717, 1.165) is 18.4 Å². The number of nitrogens with two attached hydrogens (primary N) is 1. The van der Waals surface area contributed by atoms with E-state index in [1.807, 2.05) is 6.07 Å². The molecule has 4 heteroatoms. The second-order valence-corrected chi connectivity index (χ2v) is 5.73. The quantitative estimate of drug-likeness (QED) is 0.736. The van der Waals surface area contributed by atoms with Crippen molar-refractivity contribution in [1.82, 2.24) is 0 Å². The Morgan fingerprint density at radius 1 is 1.18 bits per heavy atom. The van der Waals surface area contributed by atoms with Gasteiger partial charge in [-0.25, -0.2) is 0 Å². The highest BCUT2D eigenvalue weighted by molar-refractivity contribution is 9.10. The summed E-state index contributed by atoms with van der Waals surface area (Å²) in [4.78, 5) is 0. The first-order chi connectivity index (χ1) is 8.09. The molecule has 0 bridgehead atoms.